The van der Waals surface area contributed by atoms with Crippen molar-refractivity contribution in [1.29, 1.82) is 0 Å². The largest absolute Gasteiger partial charge is 0.493 e. The van der Waals surface area contributed by atoms with E-state index >= 15 is 0 Å². The summed E-state index contributed by atoms with van der Waals surface area (Å²) >= 11 is 0. The van der Waals surface area contributed by atoms with Gasteiger partial charge in [0.2, 0.25) is 5.91 Å². The minimum absolute atomic E-state index is 0.0703. The van der Waals surface area contributed by atoms with Crippen LogP contribution in [0.4, 0.5) is 0 Å². The first-order valence-electron chi connectivity index (χ1n) is 7.26. The highest BCUT2D eigenvalue weighted by molar-refractivity contribution is 5.76. The highest BCUT2D eigenvalue weighted by Gasteiger charge is 2.32. The maximum absolute atomic E-state index is 12.0. The summed E-state index contributed by atoms with van der Waals surface area (Å²) in [6, 6.07) is 9.83. The Hall–Kier alpha value is -1.55. The highest BCUT2D eigenvalue weighted by atomic mass is 16.5. The smallest absolute Gasteiger partial charge is 0.223 e. The molecule has 0 saturated carbocycles. The molecule has 2 N–H and O–H groups in total. The molecule has 0 spiro atoms. The van der Waals surface area contributed by atoms with Crippen LogP contribution < -0.4 is 15.4 Å². The minimum atomic E-state index is 0.0703. The summed E-state index contributed by atoms with van der Waals surface area (Å²) in [5.74, 6) is 0.878. The molecule has 1 unspecified atom stereocenters. The number of piperidine rings is 1. The third-order valence-electron chi connectivity index (χ3n) is 3.81. The van der Waals surface area contributed by atoms with Crippen molar-refractivity contribution in [3.05, 3.63) is 30.3 Å². The number of benzene rings is 1. The SMILES string of the molecule is CC1(C)CNCCC1NC(=O)CCOc1ccccc1. The van der Waals surface area contributed by atoms with E-state index in [0.717, 1.165) is 25.3 Å². The van der Waals surface area contributed by atoms with Crippen LogP contribution in [-0.4, -0.2) is 31.6 Å². The van der Waals surface area contributed by atoms with Crippen LogP contribution in [0.3, 0.4) is 0 Å². The summed E-state index contributed by atoms with van der Waals surface area (Å²) < 4.78 is 5.54. The fourth-order valence-corrected chi connectivity index (χ4v) is 2.48. The molecule has 1 amide bonds. The first kappa shape index (κ1) is 14.9. The molecule has 4 nitrogen and oxygen atoms in total. The van der Waals surface area contributed by atoms with Gasteiger partial charge in [0.05, 0.1) is 13.0 Å². The Labute approximate surface area is 120 Å². The van der Waals surface area contributed by atoms with Crippen LogP contribution in [0.1, 0.15) is 26.7 Å². The molecular formula is C16H24N2O2. The van der Waals surface area contributed by atoms with E-state index in [1.54, 1.807) is 0 Å². The number of amides is 1. The highest BCUT2D eigenvalue weighted by Crippen LogP contribution is 2.24. The third kappa shape index (κ3) is 4.23. The molecular weight excluding hydrogens is 252 g/mol. The van der Waals surface area contributed by atoms with Gasteiger partial charge in [-0.3, -0.25) is 4.79 Å². The van der Waals surface area contributed by atoms with Crippen LogP contribution in [0, 0.1) is 5.41 Å². The number of nitrogens with one attached hydrogen (secondary N) is 2. The van der Waals surface area contributed by atoms with Crippen molar-refractivity contribution in [2.45, 2.75) is 32.7 Å². The van der Waals surface area contributed by atoms with E-state index < -0.39 is 0 Å². The van der Waals surface area contributed by atoms with E-state index in [1.165, 1.54) is 0 Å². The number of rotatable bonds is 5. The number of para-hydroxylation sites is 1. The molecule has 20 heavy (non-hydrogen) atoms. The molecule has 1 aromatic rings. The zero-order valence-corrected chi connectivity index (χ0v) is 12.3. The molecule has 0 aliphatic carbocycles. The van der Waals surface area contributed by atoms with Gasteiger partial charge in [-0.25, -0.2) is 0 Å². The van der Waals surface area contributed by atoms with Gasteiger partial charge in [0.25, 0.3) is 0 Å². The van der Waals surface area contributed by atoms with E-state index in [4.69, 9.17) is 4.74 Å². The number of carbonyl (C=O) groups excluding carboxylic acids is 1. The predicted molar refractivity (Wildman–Crippen MR) is 79.8 cm³/mol. The van der Waals surface area contributed by atoms with Crippen LogP contribution in [-0.2, 0) is 4.79 Å². The lowest BCUT2D eigenvalue weighted by molar-refractivity contribution is -0.123. The molecule has 110 valence electrons. The molecule has 1 aliphatic heterocycles. The molecule has 1 heterocycles. The quantitative estimate of drug-likeness (QED) is 0.864. The van der Waals surface area contributed by atoms with Crippen LogP contribution in [0.2, 0.25) is 0 Å². The monoisotopic (exact) mass is 276 g/mol. The lowest BCUT2D eigenvalue weighted by atomic mass is 9.80. The Morgan fingerprint density at radius 2 is 2.15 bits per heavy atom. The van der Waals surface area contributed by atoms with E-state index in [9.17, 15) is 4.79 Å². The van der Waals surface area contributed by atoms with Crippen molar-refractivity contribution >= 4 is 5.91 Å². The average molecular weight is 276 g/mol. The van der Waals surface area contributed by atoms with Gasteiger partial charge >= 0.3 is 0 Å². The van der Waals surface area contributed by atoms with Crippen molar-refractivity contribution in [2.75, 3.05) is 19.7 Å². The van der Waals surface area contributed by atoms with Crippen LogP contribution in [0.15, 0.2) is 30.3 Å². The summed E-state index contributed by atoms with van der Waals surface area (Å²) in [5, 5.41) is 6.50. The Bertz CT molecular complexity index is 431. The topological polar surface area (TPSA) is 50.4 Å². The predicted octanol–water partition coefficient (Wildman–Crippen LogP) is 1.96. The average Bonchev–Trinajstić information content (AvgIpc) is 2.42. The molecule has 1 aliphatic rings. The molecule has 1 aromatic carbocycles. The normalized spacial score (nSPS) is 21.2. The second-order valence-electron chi connectivity index (χ2n) is 5.99. The Kier molecular flexibility index (Phi) is 5.01. The van der Waals surface area contributed by atoms with Gasteiger partial charge in [-0.05, 0) is 30.5 Å². The van der Waals surface area contributed by atoms with Crippen molar-refractivity contribution in [1.82, 2.24) is 10.6 Å². The zero-order chi connectivity index (χ0) is 14.4. The van der Waals surface area contributed by atoms with E-state index in [2.05, 4.69) is 24.5 Å². The second-order valence-corrected chi connectivity index (χ2v) is 5.99. The lowest BCUT2D eigenvalue weighted by Gasteiger charge is -2.39. The van der Waals surface area contributed by atoms with Crippen molar-refractivity contribution in [3.63, 3.8) is 0 Å². The maximum atomic E-state index is 12.0. The van der Waals surface area contributed by atoms with Crippen molar-refractivity contribution in [3.8, 4) is 5.75 Å². The molecule has 1 saturated heterocycles. The van der Waals surface area contributed by atoms with Gasteiger partial charge in [0, 0.05) is 12.6 Å². The standard InChI is InChI=1S/C16H24N2O2/c1-16(2)12-17-10-8-14(16)18-15(19)9-11-20-13-6-4-3-5-7-13/h3-7,14,17H,8-12H2,1-2H3,(H,18,19). The van der Waals surface area contributed by atoms with Crippen LogP contribution in [0.25, 0.3) is 0 Å². The van der Waals surface area contributed by atoms with E-state index in [1.807, 2.05) is 30.3 Å². The number of hydrogen-bond acceptors (Lipinski definition) is 3. The Balaban J connectivity index is 1.72. The minimum Gasteiger partial charge on any atom is -0.493 e. The van der Waals surface area contributed by atoms with Gasteiger partial charge < -0.3 is 15.4 Å². The summed E-state index contributed by atoms with van der Waals surface area (Å²) in [4.78, 5) is 12.0. The van der Waals surface area contributed by atoms with Gasteiger partial charge in [-0.15, -0.1) is 0 Å². The fraction of sp³-hybridized carbons (Fsp3) is 0.562. The molecule has 2 rings (SSSR count). The van der Waals surface area contributed by atoms with E-state index in [0.29, 0.717) is 13.0 Å². The summed E-state index contributed by atoms with van der Waals surface area (Å²) in [7, 11) is 0. The molecule has 0 aromatic heterocycles. The number of carbonyl (C=O) groups is 1. The maximum Gasteiger partial charge on any atom is 0.223 e. The Morgan fingerprint density at radius 1 is 1.40 bits per heavy atom. The molecule has 1 fully saturated rings. The molecule has 4 heteroatoms. The molecule has 0 radical (unpaired) electrons. The first-order chi connectivity index (χ1) is 9.58. The molecule has 1 atom stereocenters. The van der Waals surface area contributed by atoms with E-state index in [-0.39, 0.29) is 17.4 Å². The van der Waals surface area contributed by atoms with Gasteiger partial charge in [-0.1, -0.05) is 32.0 Å². The van der Waals surface area contributed by atoms with Gasteiger partial charge in [-0.2, -0.15) is 0 Å². The van der Waals surface area contributed by atoms with Crippen LogP contribution >= 0.6 is 0 Å². The Morgan fingerprint density at radius 3 is 2.85 bits per heavy atom. The van der Waals surface area contributed by atoms with Crippen molar-refractivity contribution < 1.29 is 9.53 Å². The first-order valence-corrected chi connectivity index (χ1v) is 7.26. The fourth-order valence-electron chi connectivity index (χ4n) is 2.48. The number of hydrogen-bond donors (Lipinski definition) is 2. The van der Waals surface area contributed by atoms with Crippen LogP contribution in [0.5, 0.6) is 5.75 Å². The lowest BCUT2D eigenvalue weighted by Crippen LogP contribution is -2.54. The number of ether oxygens (including phenoxy) is 1. The van der Waals surface area contributed by atoms with Gasteiger partial charge in [0.15, 0.2) is 0 Å². The second kappa shape index (κ2) is 6.75. The van der Waals surface area contributed by atoms with Crippen molar-refractivity contribution in [2.24, 2.45) is 5.41 Å². The summed E-state index contributed by atoms with van der Waals surface area (Å²) in [5.41, 5.74) is 0.105. The zero-order valence-electron chi connectivity index (χ0n) is 12.3. The summed E-state index contributed by atoms with van der Waals surface area (Å²) in [6.07, 6.45) is 1.38. The molecule has 0 bridgehead atoms. The third-order valence-corrected chi connectivity index (χ3v) is 3.81. The van der Waals surface area contributed by atoms with Gasteiger partial charge in [0.1, 0.15) is 5.75 Å². The summed E-state index contributed by atoms with van der Waals surface area (Å²) in [6.45, 7) is 6.70.